The van der Waals surface area contributed by atoms with Gasteiger partial charge in [-0.05, 0) is 60.9 Å². The molecule has 0 saturated heterocycles. The number of aromatic nitrogens is 1. The topological polar surface area (TPSA) is 54.0 Å². The minimum atomic E-state index is -0.241. The third-order valence-corrected chi connectivity index (χ3v) is 4.57. The highest BCUT2D eigenvalue weighted by atomic mass is 35.5. The number of nitrogens with one attached hydrogen (secondary N) is 2. The first-order valence-corrected chi connectivity index (χ1v) is 8.72. The average molecular weight is 366 g/mol. The minimum absolute atomic E-state index is 0.241. The standard InChI is InChI=1S/C21H20ClN3O/c1-14-7-8-18(11-15(14)2)25-21(26)20-12-17(9-10-23-20)24-13-16-5-3-4-6-19(16)22/h3-12H,13H2,1-2H3,(H,23,24)(H,25,26). The Morgan fingerprint density at radius 2 is 1.81 bits per heavy atom. The Labute approximate surface area is 158 Å². The Morgan fingerprint density at radius 3 is 2.58 bits per heavy atom. The first-order chi connectivity index (χ1) is 12.5. The number of aryl methyl sites for hydroxylation is 2. The van der Waals surface area contributed by atoms with Gasteiger partial charge in [-0.25, -0.2) is 0 Å². The van der Waals surface area contributed by atoms with E-state index in [9.17, 15) is 4.79 Å². The number of carbonyl (C=O) groups is 1. The normalized spacial score (nSPS) is 10.4. The predicted molar refractivity (Wildman–Crippen MR) is 107 cm³/mol. The molecule has 3 aromatic rings. The molecule has 26 heavy (non-hydrogen) atoms. The van der Waals surface area contributed by atoms with Crippen molar-refractivity contribution in [3.8, 4) is 0 Å². The van der Waals surface area contributed by atoms with Crippen molar-refractivity contribution in [3.05, 3.63) is 88.2 Å². The van der Waals surface area contributed by atoms with Crippen molar-refractivity contribution in [1.82, 2.24) is 4.98 Å². The molecule has 0 aliphatic carbocycles. The van der Waals surface area contributed by atoms with Gasteiger partial charge in [0, 0.05) is 29.1 Å². The second kappa shape index (κ2) is 8.02. The Balaban J connectivity index is 1.69. The number of nitrogens with zero attached hydrogens (tertiary/aromatic N) is 1. The summed E-state index contributed by atoms with van der Waals surface area (Å²) >= 11 is 6.17. The van der Waals surface area contributed by atoms with E-state index in [1.165, 1.54) is 5.56 Å². The van der Waals surface area contributed by atoms with E-state index in [4.69, 9.17) is 11.6 Å². The van der Waals surface area contributed by atoms with Gasteiger partial charge in [-0.15, -0.1) is 0 Å². The maximum absolute atomic E-state index is 12.5. The Bertz CT molecular complexity index is 940. The lowest BCUT2D eigenvalue weighted by Gasteiger charge is -2.10. The van der Waals surface area contributed by atoms with E-state index in [2.05, 4.69) is 15.6 Å². The number of halogens is 1. The van der Waals surface area contributed by atoms with Gasteiger partial charge in [0.25, 0.3) is 5.91 Å². The Kier molecular flexibility index (Phi) is 5.54. The fourth-order valence-corrected chi connectivity index (χ4v) is 2.72. The van der Waals surface area contributed by atoms with Gasteiger partial charge in [0.2, 0.25) is 0 Å². The van der Waals surface area contributed by atoms with Crippen LogP contribution in [0.4, 0.5) is 11.4 Å². The van der Waals surface area contributed by atoms with Crippen molar-refractivity contribution < 1.29 is 4.79 Å². The first kappa shape index (κ1) is 18.0. The van der Waals surface area contributed by atoms with Crippen molar-refractivity contribution in [2.75, 3.05) is 10.6 Å². The van der Waals surface area contributed by atoms with Crippen LogP contribution in [-0.2, 0) is 6.54 Å². The zero-order chi connectivity index (χ0) is 18.5. The number of hydrogen-bond acceptors (Lipinski definition) is 3. The summed E-state index contributed by atoms with van der Waals surface area (Å²) in [6.45, 7) is 4.63. The molecule has 0 aliphatic heterocycles. The number of carbonyl (C=O) groups excluding carboxylic acids is 1. The van der Waals surface area contributed by atoms with E-state index in [0.29, 0.717) is 17.3 Å². The second-order valence-electron chi connectivity index (χ2n) is 6.13. The number of hydrogen-bond donors (Lipinski definition) is 2. The van der Waals surface area contributed by atoms with Crippen LogP contribution in [0.3, 0.4) is 0 Å². The number of benzene rings is 2. The maximum atomic E-state index is 12.5. The van der Waals surface area contributed by atoms with Crippen LogP contribution in [0, 0.1) is 13.8 Å². The summed E-state index contributed by atoms with van der Waals surface area (Å²) in [4.78, 5) is 16.6. The quantitative estimate of drug-likeness (QED) is 0.652. The Hall–Kier alpha value is -2.85. The van der Waals surface area contributed by atoms with E-state index in [0.717, 1.165) is 22.5 Å². The molecule has 1 amide bonds. The molecular weight excluding hydrogens is 346 g/mol. The summed E-state index contributed by atoms with van der Waals surface area (Å²) in [7, 11) is 0. The van der Waals surface area contributed by atoms with Crippen LogP contribution in [0.1, 0.15) is 27.2 Å². The molecule has 2 N–H and O–H groups in total. The lowest BCUT2D eigenvalue weighted by molar-refractivity contribution is 0.102. The zero-order valence-electron chi connectivity index (χ0n) is 14.7. The van der Waals surface area contributed by atoms with Gasteiger partial charge in [-0.2, -0.15) is 0 Å². The van der Waals surface area contributed by atoms with E-state index < -0.39 is 0 Å². The number of pyridine rings is 1. The molecule has 3 rings (SSSR count). The van der Waals surface area contributed by atoms with Gasteiger partial charge in [-0.1, -0.05) is 35.9 Å². The number of anilines is 2. The number of amides is 1. The average Bonchev–Trinajstić information content (AvgIpc) is 2.64. The lowest BCUT2D eigenvalue weighted by atomic mass is 10.1. The summed E-state index contributed by atoms with van der Waals surface area (Å²) < 4.78 is 0. The summed E-state index contributed by atoms with van der Waals surface area (Å²) in [6, 6.07) is 17.0. The summed E-state index contributed by atoms with van der Waals surface area (Å²) in [5, 5.41) is 6.87. The molecule has 5 heteroatoms. The van der Waals surface area contributed by atoms with Crippen molar-refractivity contribution in [1.29, 1.82) is 0 Å². The molecular formula is C21H20ClN3O. The van der Waals surface area contributed by atoms with Crippen LogP contribution < -0.4 is 10.6 Å². The van der Waals surface area contributed by atoms with Crippen molar-refractivity contribution in [2.24, 2.45) is 0 Å². The third-order valence-electron chi connectivity index (χ3n) is 4.20. The predicted octanol–water partition coefficient (Wildman–Crippen LogP) is 5.22. The van der Waals surface area contributed by atoms with Crippen molar-refractivity contribution in [3.63, 3.8) is 0 Å². The molecule has 1 heterocycles. The molecule has 1 aromatic heterocycles. The first-order valence-electron chi connectivity index (χ1n) is 8.35. The Morgan fingerprint density at radius 1 is 1.00 bits per heavy atom. The van der Waals surface area contributed by atoms with Crippen LogP contribution in [0.25, 0.3) is 0 Å². The second-order valence-corrected chi connectivity index (χ2v) is 6.54. The monoisotopic (exact) mass is 365 g/mol. The molecule has 2 aromatic carbocycles. The highest BCUT2D eigenvalue weighted by Crippen LogP contribution is 2.18. The van der Waals surface area contributed by atoms with Gasteiger partial charge < -0.3 is 10.6 Å². The summed E-state index contributed by atoms with van der Waals surface area (Å²) in [5.74, 6) is -0.241. The van der Waals surface area contributed by atoms with Gasteiger partial charge in [-0.3, -0.25) is 9.78 Å². The number of rotatable bonds is 5. The van der Waals surface area contributed by atoms with Crippen molar-refractivity contribution in [2.45, 2.75) is 20.4 Å². The molecule has 0 saturated carbocycles. The van der Waals surface area contributed by atoms with E-state index >= 15 is 0 Å². The van der Waals surface area contributed by atoms with Crippen LogP contribution >= 0.6 is 11.6 Å². The van der Waals surface area contributed by atoms with Crippen molar-refractivity contribution >= 4 is 28.9 Å². The molecule has 0 fully saturated rings. The highest BCUT2D eigenvalue weighted by Gasteiger charge is 2.09. The molecule has 0 spiro atoms. The van der Waals surface area contributed by atoms with E-state index in [1.807, 2.05) is 62.4 Å². The third kappa shape index (κ3) is 4.41. The highest BCUT2D eigenvalue weighted by molar-refractivity contribution is 6.31. The molecule has 4 nitrogen and oxygen atoms in total. The molecule has 132 valence electrons. The summed E-state index contributed by atoms with van der Waals surface area (Å²) in [6.07, 6.45) is 1.62. The van der Waals surface area contributed by atoms with Crippen LogP contribution in [0.2, 0.25) is 5.02 Å². The van der Waals surface area contributed by atoms with Gasteiger partial charge in [0.05, 0.1) is 0 Å². The smallest absolute Gasteiger partial charge is 0.274 e. The molecule has 0 atom stereocenters. The molecule has 0 aliphatic rings. The summed E-state index contributed by atoms with van der Waals surface area (Å²) in [5.41, 5.74) is 5.23. The molecule has 0 radical (unpaired) electrons. The SMILES string of the molecule is Cc1ccc(NC(=O)c2cc(NCc3ccccc3Cl)ccn2)cc1C. The fraction of sp³-hybridized carbons (Fsp3) is 0.143. The van der Waals surface area contributed by atoms with E-state index in [1.54, 1.807) is 12.3 Å². The fourth-order valence-electron chi connectivity index (χ4n) is 2.52. The molecule has 0 unspecified atom stereocenters. The van der Waals surface area contributed by atoms with Crippen LogP contribution in [0.15, 0.2) is 60.8 Å². The van der Waals surface area contributed by atoms with Gasteiger partial charge in [0.15, 0.2) is 0 Å². The maximum Gasteiger partial charge on any atom is 0.274 e. The zero-order valence-corrected chi connectivity index (χ0v) is 15.5. The lowest BCUT2D eigenvalue weighted by Crippen LogP contribution is -2.14. The largest absolute Gasteiger partial charge is 0.381 e. The minimum Gasteiger partial charge on any atom is -0.381 e. The van der Waals surface area contributed by atoms with E-state index in [-0.39, 0.29) is 5.91 Å². The van der Waals surface area contributed by atoms with Crippen LogP contribution in [0.5, 0.6) is 0 Å². The molecule has 0 bridgehead atoms. The van der Waals surface area contributed by atoms with Gasteiger partial charge in [0.1, 0.15) is 5.69 Å². The van der Waals surface area contributed by atoms with Crippen LogP contribution in [-0.4, -0.2) is 10.9 Å². The van der Waals surface area contributed by atoms with Gasteiger partial charge >= 0.3 is 0 Å².